The Kier molecular flexibility index (Phi) is 7.51. The number of methoxy groups -OCH3 is 1. The number of fused-ring (bicyclic) bond motifs is 2. The van der Waals surface area contributed by atoms with Crippen LogP contribution in [-0.4, -0.2) is 7.11 Å². The van der Waals surface area contributed by atoms with Crippen molar-refractivity contribution in [3.8, 4) is 5.75 Å². The molecule has 170 valence electrons. The van der Waals surface area contributed by atoms with E-state index in [4.69, 9.17) is 4.74 Å². The second-order valence-electron chi connectivity index (χ2n) is 10.1. The normalized spacial score (nSPS) is 26.1. The maximum absolute atomic E-state index is 15.4. The van der Waals surface area contributed by atoms with Crippen LogP contribution in [0.25, 0.3) is 10.8 Å². The van der Waals surface area contributed by atoms with Crippen LogP contribution in [0.15, 0.2) is 24.3 Å². The Hall–Kier alpha value is -1.64. The predicted molar refractivity (Wildman–Crippen MR) is 125 cm³/mol. The van der Waals surface area contributed by atoms with Crippen LogP contribution in [0.5, 0.6) is 5.75 Å². The summed E-state index contributed by atoms with van der Waals surface area (Å²) in [7, 11) is 1.50. The van der Waals surface area contributed by atoms with E-state index >= 15 is 4.39 Å². The van der Waals surface area contributed by atoms with Crippen LogP contribution < -0.4 is 4.74 Å². The minimum atomic E-state index is -0.526. The molecule has 3 heteroatoms. The molecule has 0 radical (unpaired) electrons. The van der Waals surface area contributed by atoms with Gasteiger partial charge in [-0.1, -0.05) is 64.0 Å². The van der Waals surface area contributed by atoms with Crippen molar-refractivity contribution in [3.63, 3.8) is 0 Å². The highest BCUT2D eigenvalue weighted by atomic mass is 19.1. The zero-order chi connectivity index (χ0) is 21.8. The minimum Gasteiger partial charge on any atom is -0.497 e. The number of hydrogen-bond acceptors (Lipinski definition) is 1. The fourth-order valence-corrected chi connectivity index (χ4v) is 6.36. The Balaban J connectivity index is 1.39. The highest BCUT2D eigenvalue weighted by Gasteiger charge is 2.36. The van der Waals surface area contributed by atoms with E-state index in [1.165, 1.54) is 77.4 Å². The summed E-state index contributed by atoms with van der Waals surface area (Å²) < 4.78 is 35.1. The third-order valence-electron chi connectivity index (χ3n) is 8.12. The summed E-state index contributed by atoms with van der Waals surface area (Å²) in [6, 6.07) is 6.76. The summed E-state index contributed by atoms with van der Waals surface area (Å²) in [6.45, 7) is 2.27. The van der Waals surface area contributed by atoms with Crippen LogP contribution in [0, 0.1) is 29.4 Å². The van der Waals surface area contributed by atoms with E-state index in [0.717, 1.165) is 24.7 Å². The van der Waals surface area contributed by atoms with E-state index < -0.39 is 5.82 Å². The lowest BCUT2D eigenvalue weighted by atomic mass is 9.63. The van der Waals surface area contributed by atoms with Gasteiger partial charge in [-0.3, -0.25) is 0 Å². The molecule has 2 aromatic rings. The fourth-order valence-electron chi connectivity index (χ4n) is 6.36. The summed E-state index contributed by atoms with van der Waals surface area (Å²) in [5.41, 5.74) is 0.716. The largest absolute Gasteiger partial charge is 0.497 e. The Morgan fingerprint density at radius 3 is 2.48 bits per heavy atom. The van der Waals surface area contributed by atoms with Crippen molar-refractivity contribution in [1.82, 2.24) is 0 Å². The molecule has 2 aliphatic rings. The number of benzene rings is 2. The molecule has 2 unspecified atom stereocenters. The molecule has 0 aliphatic heterocycles. The van der Waals surface area contributed by atoms with Gasteiger partial charge in [-0.2, -0.15) is 0 Å². The van der Waals surface area contributed by atoms with Gasteiger partial charge in [-0.05, 0) is 72.8 Å². The Morgan fingerprint density at radius 2 is 1.68 bits per heavy atom. The molecule has 0 amide bonds. The van der Waals surface area contributed by atoms with Crippen molar-refractivity contribution in [1.29, 1.82) is 0 Å². The molecular weight excluding hydrogens is 390 g/mol. The third-order valence-corrected chi connectivity index (χ3v) is 8.12. The monoisotopic (exact) mass is 428 g/mol. The van der Waals surface area contributed by atoms with Crippen molar-refractivity contribution in [3.05, 3.63) is 41.5 Å². The molecule has 0 bridgehead atoms. The average Bonchev–Trinajstić information content (AvgIpc) is 2.78. The second kappa shape index (κ2) is 10.3. The molecule has 31 heavy (non-hydrogen) atoms. The first-order valence-corrected chi connectivity index (χ1v) is 12.6. The van der Waals surface area contributed by atoms with Gasteiger partial charge in [0.15, 0.2) is 0 Å². The zero-order valence-electron chi connectivity index (χ0n) is 19.3. The maximum Gasteiger partial charge on any atom is 0.137 e. The van der Waals surface area contributed by atoms with Crippen LogP contribution in [-0.2, 0) is 0 Å². The van der Waals surface area contributed by atoms with Gasteiger partial charge in [0.25, 0.3) is 0 Å². The minimum absolute atomic E-state index is 0.118. The maximum atomic E-state index is 15.4. The van der Waals surface area contributed by atoms with Crippen molar-refractivity contribution < 1.29 is 13.5 Å². The molecule has 2 saturated carbocycles. The van der Waals surface area contributed by atoms with Crippen LogP contribution >= 0.6 is 0 Å². The first-order chi connectivity index (χ1) is 15.1. The van der Waals surface area contributed by atoms with E-state index in [9.17, 15) is 4.39 Å². The van der Waals surface area contributed by atoms with Crippen molar-refractivity contribution in [2.24, 2.45) is 17.8 Å². The van der Waals surface area contributed by atoms with E-state index in [1.807, 2.05) is 12.1 Å². The van der Waals surface area contributed by atoms with Gasteiger partial charge < -0.3 is 4.74 Å². The summed E-state index contributed by atoms with van der Waals surface area (Å²) >= 11 is 0. The van der Waals surface area contributed by atoms with E-state index in [0.29, 0.717) is 22.6 Å². The summed E-state index contributed by atoms with van der Waals surface area (Å²) in [5, 5.41) is 0.693. The highest BCUT2D eigenvalue weighted by molar-refractivity contribution is 5.86. The van der Waals surface area contributed by atoms with Gasteiger partial charge >= 0.3 is 0 Å². The van der Waals surface area contributed by atoms with Crippen molar-refractivity contribution in [2.45, 2.75) is 89.9 Å². The van der Waals surface area contributed by atoms with Crippen molar-refractivity contribution >= 4 is 10.8 Å². The number of halogens is 2. The highest BCUT2D eigenvalue weighted by Crippen LogP contribution is 2.49. The van der Waals surface area contributed by atoms with Crippen LogP contribution in [0.1, 0.15) is 95.5 Å². The summed E-state index contributed by atoms with van der Waals surface area (Å²) in [4.78, 5) is 0. The Morgan fingerprint density at radius 1 is 0.903 bits per heavy atom. The number of ether oxygens (including phenoxy) is 1. The number of unbranched alkanes of at least 4 members (excludes halogenated alkanes) is 4. The summed E-state index contributed by atoms with van der Waals surface area (Å²) in [6.07, 6.45) is 15.6. The third kappa shape index (κ3) is 5.07. The molecule has 0 saturated heterocycles. The predicted octanol–water partition coefficient (Wildman–Crippen LogP) is 8.79. The van der Waals surface area contributed by atoms with Gasteiger partial charge in [0.05, 0.1) is 12.5 Å². The lowest BCUT2D eigenvalue weighted by molar-refractivity contribution is 0.112. The molecule has 4 rings (SSSR count). The van der Waals surface area contributed by atoms with Crippen molar-refractivity contribution in [2.75, 3.05) is 7.11 Å². The molecule has 0 N–H and O–H groups in total. The molecule has 4 atom stereocenters. The summed E-state index contributed by atoms with van der Waals surface area (Å²) in [5.74, 6) is 2.20. The molecule has 0 heterocycles. The molecule has 1 nitrogen and oxygen atoms in total. The number of hydrogen-bond donors (Lipinski definition) is 0. The fraction of sp³-hybridized carbons (Fsp3) is 0.643. The van der Waals surface area contributed by atoms with Gasteiger partial charge in [-0.15, -0.1) is 0 Å². The molecule has 2 aromatic carbocycles. The van der Waals surface area contributed by atoms with Gasteiger partial charge in [0.2, 0.25) is 0 Å². The van der Waals surface area contributed by atoms with Gasteiger partial charge in [-0.25, -0.2) is 8.78 Å². The topological polar surface area (TPSA) is 9.23 Å². The van der Waals surface area contributed by atoms with Crippen LogP contribution in [0.2, 0.25) is 0 Å². The van der Waals surface area contributed by atoms with E-state index in [-0.39, 0.29) is 17.1 Å². The zero-order valence-corrected chi connectivity index (χ0v) is 19.3. The lowest BCUT2D eigenvalue weighted by Gasteiger charge is -2.42. The van der Waals surface area contributed by atoms with E-state index in [2.05, 4.69) is 6.92 Å². The second-order valence-corrected chi connectivity index (χ2v) is 10.1. The first-order valence-electron chi connectivity index (χ1n) is 12.6. The quantitative estimate of drug-likeness (QED) is 0.382. The first kappa shape index (κ1) is 22.6. The SMILES string of the molecule is CCCCCCCC1CCC2C[C@H](c3ccc4cc(OC)cc(F)c4c3F)CC[C@@H]2C1. The van der Waals surface area contributed by atoms with Gasteiger partial charge in [0, 0.05) is 6.07 Å². The lowest BCUT2D eigenvalue weighted by Crippen LogP contribution is -2.30. The Labute approximate surface area is 186 Å². The Bertz CT molecular complexity index is 877. The van der Waals surface area contributed by atoms with Gasteiger partial charge in [0.1, 0.15) is 17.4 Å². The number of rotatable bonds is 8. The molecular formula is C28H38F2O. The molecule has 2 fully saturated rings. The van der Waals surface area contributed by atoms with Crippen LogP contribution in [0.4, 0.5) is 8.78 Å². The molecule has 0 aromatic heterocycles. The van der Waals surface area contributed by atoms with Crippen LogP contribution in [0.3, 0.4) is 0 Å². The molecule has 2 aliphatic carbocycles. The smallest absolute Gasteiger partial charge is 0.137 e. The average molecular weight is 429 g/mol. The van der Waals surface area contributed by atoms with E-state index in [1.54, 1.807) is 6.07 Å². The molecule has 0 spiro atoms. The standard InChI is InChI=1S/C28H38F2O/c1-3-4-5-6-7-8-19-9-10-21-16-22(12-11-20(21)15-19)25-14-13-23-17-24(31-2)18-26(29)27(23)28(25)30/h13-14,17-22H,3-12,15-16H2,1-2H3/t19?,20-,21?,22-/m1/s1.